The maximum absolute atomic E-state index is 11.3. The summed E-state index contributed by atoms with van der Waals surface area (Å²) in [4.78, 5) is 19.6. The molecule has 0 saturated carbocycles. The molecule has 18 heavy (non-hydrogen) atoms. The van der Waals surface area contributed by atoms with Crippen LogP contribution in [0.4, 0.5) is 0 Å². The average molecular weight is 250 g/mol. The number of allylic oxidation sites excluding steroid dienone is 1. The largest absolute Gasteiger partial charge is 0.473 e. The predicted octanol–water partition coefficient (Wildman–Crippen LogP) is 1.11. The van der Waals surface area contributed by atoms with E-state index in [1.54, 1.807) is 6.08 Å². The van der Waals surface area contributed by atoms with Crippen LogP contribution >= 0.6 is 0 Å². The third-order valence-corrected chi connectivity index (χ3v) is 2.46. The number of aliphatic imine (C=N–C) groups is 1. The Bertz CT molecular complexity index is 478. The molecule has 6 nitrogen and oxygen atoms in total. The molecule has 2 heterocycles. The van der Waals surface area contributed by atoms with Crippen molar-refractivity contribution in [2.75, 3.05) is 13.7 Å². The topological polar surface area (TPSA) is 73.9 Å². The number of esters is 1. The van der Waals surface area contributed by atoms with Gasteiger partial charge in [0.1, 0.15) is 12.9 Å². The van der Waals surface area contributed by atoms with Gasteiger partial charge >= 0.3 is 5.97 Å². The number of aromatic nitrogens is 1. The summed E-state index contributed by atoms with van der Waals surface area (Å²) >= 11 is 0. The highest BCUT2D eigenvalue weighted by molar-refractivity contribution is 5.95. The molecule has 0 amide bonds. The van der Waals surface area contributed by atoms with Crippen LogP contribution in [-0.2, 0) is 20.7 Å². The number of carbonyl (C=O) groups is 1. The second-order valence-electron chi connectivity index (χ2n) is 3.74. The average Bonchev–Trinajstić information content (AvgIpc) is 3.03. The summed E-state index contributed by atoms with van der Waals surface area (Å²) in [5.41, 5.74) is 0.500. The van der Waals surface area contributed by atoms with Gasteiger partial charge in [-0.1, -0.05) is 6.08 Å². The molecule has 0 bridgehead atoms. The van der Waals surface area contributed by atoms with E-state index in [4.69, 9.17) is 9.15 Å². The van der Waals surface area contributed by atoms with E-state index in [9.17, 15) is 4.79 Å². The van der Waals surface area contributed by atoms with Gasteiger partial charge in [-0.3, -0.25) is 0 Å². The molecular formula is C12H14N2O4. The van der Waals surface area contributed by atoms with E-state index in [1.807, 2.05) is 0 Å². The van der Waals surface area contributed by atoms with Crippen LogP contribution in [0.15, 0.2) is 28.3 Å². The highest BCUT2D eigenvalue weighted by Gasteiger charge is 2.28. The Morgan fingerprint density at radius 2 is 2.56 bits per heavy atom. The van der Waals surface area contributed by atoms with Crippen LogP contribution in [0.5, 0.6) is 0 Å². The van der Waals surface area contributed by atoms with Crippen LogP contribution in [0, 0.1) is 0 Å². The van der Waals surface area contributed by atoms with E-state index in [0.717, 1.165) is 6.42 Å². The Morgan fingerprint density at radius 3 is 3.28 bits per heavy atom. The SMILES string of the molecule is C=CCCc1nc(C2=NC(C(=O)OC)CO2)co1. The molecule has 0 fully saturated rings. The summed E-state index contributed by atoms with van der Waals surface area (Å²) in [7, 11) is 1.32. The molecule has 0 radical (unpaired) electrons. The fourth-order valence-corrected chi connectivity index (χ4v) is 1.52. The van der Waals surface area contributed by atoms with Crippen molar-refractivity contribution in [1.29, 1.82) is 0 Å². The molecule has 0 aliphatic carbocycles. The summed E-state index contributed by atoms with van der Waals surface area (Å²) in [6.07, 6.45) is 4.73. The fourth-order valence-electron chi connectivity index (χ4n) is 1.52. The highest BCUT2D eigenvalue weighted by Crippen LogP contribution is 2.13. The van der Waals surface area contributed by atoms with E-state index in [1.165, 1.54) is 13.4 Å². The Labute approximate surface area is 104 Å². The number of nitrogens with zero attached hydrogens (tertiary/aromatic N) is 2. The first kappa shape index (κ1) is 12.3. The third kappa shape index (κ3) is 2.58. The molecule has 1 atom stereocenters. The molecule has 0 spiro atoms. The van der Waals surface area contributed by atoms with E-state index in [-0.39, 0.29) is 6.61 Å². The Hall–Kier alpha value is -2.11. The van der Waals surface area contributed by atoms with E-state index < -0.39 is 12.0 Å². The maximum Gasteiger partial charge on any atom is 0.334 e. The van der Waals surface area contributed by atoms with Crippen molar-refractivity contribution in [3.63, 3.8) is 0 Å². The number of hydrogen-bond donors (Lipinski definition) is 0. The molecule has 1 unspecified atom stereocenters. The van der Waals surface area contributed by atoms with Gasteiger partial charge in [0.15, 0.2) is 17.6 Å². The molecule has 96 valence electrons. The second kappa shape index (κ2) is 5.48. The van der Waals surface area contributed by atoms with Gasteiger partial charge in [-0.15, -0.1) is 6.58 Å². The Morgan fingerprint density at radius 1 is 1.72 bits per heavy atom. The number of methoxy groups -OCH3 is 1. The van der Waals surface area contributed by atoms with Gasteiger partial charge in [0.2, 0.25) is 5.90 Å². The van der Waals surface area contributed by atoms with Crippen molar-refractivity contribution in [3.05, 3.63) is 30.5 Å². The van der Waals surface area contributed by atoms with E-state index >= 15 is 0 Å². The zero-order valence-corrected chi connectivity index (χ0v) is 10.1. The maximum atomic E-state index is 11.3. The molecule has 6 heteroatoms. The lowest BCUT2D eigenvalue weighted by atomic mass is 10.3. The van der Waals surface area contributed by atoms with Crippen molar-refractivity contribution >= 4 is 11.9 Å². The van der Waals surface area contributed by atoms with E-state index in [2.05, 4.69) is 21.3 Å². The predicted molar refractivity (Wildman–Crippen MR) is 63.3 cm³/mol. The molecule has 1 aliphatic heterocycles. The minimum absolute atomic E-state index is 0.177. The lowest BCUT2D eigenvalue weighted by molar-refractivity contribution is -0.142. The van der Waals surface area contributed by atoms with Gasteiger partial charge in [-0.05, 0) is 6.42 Å². The van der Waals surface area contributed by atoms with Gasteiger partial charge in [-0.25, -0.2) is 14.8 Å². The van der Waals surface area contributed by atoms with Crippen LogP contribution in [-0.4, -0.2) is 36.6 Å². The molecular weight excluding hydrogens is 236 g/mol. The fraction of sp³-hybridized carbons (Fsp3) is 0.417. The molecule has 2 rings (SSSR count). The lowest BCUT2D eigenvalue weighted by Crippen LogP contribution is -2.21. The Balaban J connectivity index is 2.06. The first-order chi connectivity index (χ1) is 8.74. The molecule has 1 aliphatic rings. The van der Waals surface area contributed by atoms with Crippen molar-refractivity contribution in [3.8, 4) is 0 Å². The lowest BCUT2D eigenvalue weighted by Gasteiger charge is -1.99. The van der Waals surface area contributed by atoms with Gasteiger partial charge in [0.05, 0.1) is 7.11 Å². The number of ether oxygens (including phenoxy) is 2. The first-order valence-corrected chi connectivity index (χ1v) is 5.58. The standard InChI is InChI=1S/C12H14N2O4/c1-3-4-5-10-13-8(6-17-10)11-14-9(7-18-11)12(15)16-2/h3,6,9H,1,4-5,7H2,2H3. The van der Waals surface area contributed by atoms with Crippen LogP contribution in [0.1, 0.15) is 18.0 Å². The van der Waals surface area contributed by atoms with Crippen molar-refractivity contribution in [2.24, 2.45) is 4.99 Å². The number of hydrogen-bond acceptors (Lipinski definition) is 6. The number of carbonyl (C=O) groups excluding carboxylic acids is 1. The first-order valence-electron chi connectivity index (χ1n) is 5.58. The molecule has 1 aromatic heterocycles. The number of rotatable bonds is 5. The Kier molecular flexibility index (Phi) is 3.76. The molecule has 0 aromatic carbocycles. The summed E-state index contributed by atoms with van der Waals surface area (Å²) in [5.74, 6) is 0.497. The van der Waals surface area contributed by atoms with Crippen molar-refractivity contribution in [1.82, 2.24) is 4.98 Å². The van der Waals surface area contributed by atoms with Gasteiger partial charge in [-0.2, -0.15) is 0 Å². The number of oxazole rings is 1. The zero-order chi connectivity index (χ0) is 13.0. The van der Waals surface area contributed by atoms with Crippen LogP contribution < -0.4 is 0 Å². The second-order valence-corrected chi connectivity index (χ2v) is 3.74. The minimum Gasteiger partial charge on any atom is -0.473 e. The van der Waals surface area contributed by atoms with Gasteiger partial charge in [0, 0.05) is 6.42 Å². The van der Waals surface area contributed by atoms with Crippen molar-refractivity contribution in [2.45, 2.75) is 18.9 Å². The minimum atomic E-state index is -0.613. The van der Waals surface area contributed by atoms with Gasteiger partial charge < -0.3 is 13.9 Å². The van der Waals surface area contributed by atoms with Crippen LogP contribution in [0.2, 0.25) is 0 Å². The normalized spacial score (nSPS) is 18.1. The number of aryl methyl sites for hydroxylation is 1. The smallest absolute Gasteiger partial charge is 0.334 e. The summed E-state index contributed by atoms with van der Waals surface area (Å²) in [6, 6.07) is -0.613. The van der Waals surface area contributed by atoms with Crippen LogP contribution in [0.3, 0.4) is 0 Å². The molecule has 1 aromatic rings. The summed E-state index contributed by atoms with van der Waals surface area (Å²) in [6.45, 7) is 3.81. The highest BCUT2D eigenvalue weighted by atomic mass is 16.5. The zero-order valence-electron chi connectivity index (χ0n) is 10.1. The summed E-state index contributed by atoms with van der Waals surface area (Å²) in [5, 5.41) is 0. The van der Waals surface area contributed by atoms with Gasteiger partial charge in [0.25, 0.3) is 0 Å². The summed E-state index contributed by atoms with van der Waals surface area (Å²) < 4.78 is 15.2. The molecule has 0 N–H and O–H groups in total. The molecule has 0 saturated heterocycles. The quantitative estimate of drug-likeness (QED) is 0.578. The van der Waals surface area contributed by atoms with E-state index in [0.29, 0.717) is 23.9 Å². The van der Waals surface area contributed by atoms with Crippen LogP contribution in [0.25, 0.3) is 0 Å². The third-order valence-electron chi connectivity index (χ3n) is 2.46. The van der Waals surface area contributed by atoms with Crippen molar-refractivity contribution < 1.29 is 18.7 Å². The monoisotopic (exact) mass is 250 g/mol.